The fourth-order valence-electron chi connectivity index (χ4n) is 3.13. The van der Waals surface area contributed by atoms with Crippen molar-refractivity contribution >= 4 is 17.5 Å². The monoisotopic (exact) mass is 375 g/mol. The first kappa shape index (κ1) is 18.6. The second-order valence-corrected chi connectivity index (χ2v) is 6.75. The highest BCUT2D eigenvalue weighted by Crippen LogP contribution is 2.24. The van der Waals surface area contributed by atoms with Crippen molar-refractivity contribution in [1.29, 1.82) is 0 Å². The average Bonchev–Trinajstić information content (AvgIpc) is 3.15. The molecule has 1 aliphatic heterocycles. The summed E-state index contributed by atoms with van der Waals surface area (Å²) in [5.74, 6) is 0.405. The van der Waals surface area contributed by atoms with Crippen molar-refractivity contribution in [3.05, 3.63) is 51.0 Å². The molecule has 1 fully saturated rings. The second kappa shape index (κ2) is 8.01. The molecule has 0 unspecified atom stereocenters. The number of likely N-dealkylation sites (N-methyl/N-ethyl adjacent to an activating group) is 1. The van der Waals surface area contributed by atoms with E-state index in [2.05, 4.69) is 9.97 Å². The molecule has 1 saturated heterocycles. The van der Waals surface area contributed by atoms with E-state index in [1.54, 1.807) is 36.1 Å². The fraction of sp³-hybridized carbons (Fsp3) is 0.421. The molecule has 3 rings (SSSR count). The largest absolute Gasteiger partial charge is 0.376 e. The molecule has 1 aromatic heterocycles. The van der Waals surface area contributed by atoms with Crippen molar-refractivity contribution in [2.75, 3.05) is 19.7 Å². The summed E-state index contributed by atoms with van der Waals surface area (Å²) < 4.78 is 5.65. The van der Waals surface area contributed by atoms with Crippen LogP contribution in [0.25, 0.3) is 11.3 Å². The summed E-state index contributed by atoms with van der Waals surface area (Å²) in [6, 6.07) is 7.06. The third-order valence-electron chi connectivity index (χ3n) is 4.48. The Labute approximate surface area is 157 Å². The number of carbonyl (C=O) groups excluding carboxylic acids is 1. The van der Waals surface area contributed by atoms with Crippen LogP contribution >= 0.6 is 11.6 Å². The maximum Gasteiger partial charge on any atom is 0.270 e. The average molecular weight is 376 g/mol. The van der Waals surface area contributed by atoms with Gasteiger partial charge in [0.1, 0.15) is 10.8 Å². The number of hydrogen-bond acceptors (Lipinski definition) is 4. The third kappa shape index (κ3) is 3.97. The number of aromatic nitrogens is 2. The van der Waals surface area contributed by atoms with E-state index in [9.17, 15) is 9.59 Å². The first-order chi connectivity index (χ1) is 12.5. The van der Waals surface area contributed by atoms with E-state index < -0.39 is 0 Å². The number of halogens is 1. The van der Waals surface area contributed by atoms with E-state index in [1.165, 1.54) is 0 Å². The SMILES string of the molecule is CCN(C[C@H]1CCCO1)C(=O)c1cccc(-c2nc(C)[nH]c(=O)c2Cl)c1. The Morgan fingerprint density at radius 1 is 1.46 bits per heavy atom. The number of amides is 1. The van der Waals surface area contributed by atoms with Crippen LogP contribution in [0.3, 0.4) is 0 Å². The van der Waals surface area contributed by atoms with E-state index in [1.807, 2.05) is 6.92 Å². The lowest BCUT2D eigenvalue weighted by Crippen LogP contribution is -2.37. The van der Waals surface area contributed by atoms with E-state index in [-0.39, 0.29) is 22.6 Å². The zero-order chi connectivity index (χ0) is 18.7. The molecular formula is C19H22ClN3O3. The van der Waals surface area contributed by atoms with Gasteiger partial charge in [0.05, 0.1) is 11.8 Å². The number of hydrogen-bond donors (Lipinski definition) is 1. The molecule has 7 heteroatoms. The highest BCUT2D eigenvalue weighted by molar-refractivity contribution is 6.32. The summed E-state index contributed by atoms with van der Waals surface area (Å²) in [5, 5.41) is 0.0203. The van der Waals surface area contributed by atoms with Gasteiger partial charge < -0.3 is 14.6 Å². The quantitative estimate of drug-likeness (QED) is 0.871. The highest BCUT2D eigenvalue weighted by Gasteiger charge is 2.23. The fourth-order valence-corrected chi connectivity index (χ4v) is 3.33. The topological polar surface area (TPSA) is 75.3 Å². The van der Waals surface area contributed by atoms with Crippen LogP contribution in [0, 0.1) is 6.92 Å². The Balaban J connectivity index is 1.88. The van der Waals surface area contributed by atoms with Crippen LogP contribution in [0.1, 0.15) is 35.9 Å². The molecular weight excluding hydrogens is 354 g/mol. The zero-order valence-electron chi connectivity index (χ0n) is 14.9. The van der Waals surface area contributed by atoms with Gasteiger partial charge in [-0.15, -0.1) is 0 Å². The number of aromatic amines is 1. The van der Waals surface area contributed by atoms with Crippen LogP contribution in [0.2, 0.25) is 5.02 Å². The van der Waals surface area contributed by atoms with E-state index in [0.29, 0.717) is 35.7 Å². The number of ether oxygens (including phenoxy) is 1. The lowest BCUT2D eigenvalue weighted by atomic mass is 10.1. The molecule has 2 heterocycles. The Bertz CT molecular complexity index is 859. The summed E-state index contributed by atoms with van der Waals surface area (Å²) >= 11 is 6.12. The molecule has 6 nitrogen and oxygen atoms in total. The Kier molecular flexibility index (Phi) is 5.74. The minimum atomic E-state index is -0.389. The van der Waals surface area contributed by atoms with Gasteiger partial charge in [-0.2, -0.15) is 0 Å². The number of rotatable bonds is 5. The van der Waals surface area contributed by atoms with E-state index in [4.69, 9.17) is 16.3 Å². The van der Waals surface area contributed by atoms with Crippen molar-refractivity contribution in [1.82, 2.24) is 14.9 Å². The maximum absolute atomic E-state index is 12.9. The van der Waals surface area contributed by atoms with Gasteiger partial charge in [0.15, 0.2) is 0 Å². The number of nitrogens with zero attached hydrogens (tertiary/aromatic N) is 2. The van der Waals surface area contributed by atoms with Crippen molar-refractivity contribution in [2.24, 2.45) is 0 Å². The molecule has 1 aromatic carbocycles. The third-order valence-corrected chi connectivity index (χ3v) is 4.83. The van der Waals surface area contributed by atoms with Crippen molar-refractivity contribution in [2.45, 2.75) is 32.8 Å². The molecule has 0 saturated carbocycles. The van der Waals surface area contributed by atoms with Gasteiger partial charge >= 0.3 is 0 Å². The zero-order valence-corrected chi connectivity index (χ0v) is 15.7. The number of H-pyrrole nitrogens is 1. The molecule has 1 N–H and O–H groups in total. The van der Waals surface area contributed by atoms with Crippen LogP contribution in [0.15, 0.2) is 29.1 Å². The standard InChI is InChI=1S/C19H22ClN3O3/c1-3-23(11-15-8-5-9-26-15)19(25)14-7-4-6-13(10-14)17-16(20)18(24)22-12(2)21-17/h4,6-7,10,15H,3,5,8-9,11H2,1-2H3,(H,21,22,24)/t15-/m1/s1. The van der Waals surface area contributed by atoms with Crippen LogP contribution < -0.4 is 5.56 Å². The van der Waals surface area contributed by atoms with Gasteiger partial charge in [0, 0.05) is 30.8 Å². The van der Waals surface area contributed by atoms with Gasteiger partial charge in [0.2, 0.25) is 0 Å². The Hall–Kier alpha value is -2.18. The molecule has 138 valence electrons. The molecule has 1 atom stereocenters. The minimum absolute atomic E-state index is 0.0203. The van der Waals surface area contributed by atoms with Crippen LogP contribution in [-0.4, -0.2) is 46.6 Å². The van der Waals surface area contributed by atoms with Gasteiger partial charge in [-0.3, -0.25) is 9.59 Å². The second-order valence-electron chi connectivity index (χ2n) is 6.37. The van der Waals surface area contributed by atoms with E-state index >= 15 is 0 Å². The normalized spacial score (nSPS) is 16.7. The van der Waals surface area contributed by atoms with Crippen molar-refractivity contribution in [3.63, 3.8) is 0 Å². The molecule has 0 bridgehead atoms. The number of nitrogens with one attached hydrogen (secondary N) is 1. The van der Waals surface area contributed by atoms with E-state index in [0.717, 1.165) is 19.4 Å². The Morgan fingerprint density at radius 2 is 2.27 bits per heavy atom. The molecule has 0 spiro atoms. The predicted molar refractivity (Wildman–Crippen MR) is 101 cm³/mol. The lowest BCUT2D eigenvalue weighted by molar-refractivity contribution is 0.0539. The van der Waals surface area contributed by atoms with Crippen LogP contribution in [-0.2, 0) is 4.74 Å². The first-order valence-corrected chi connectivity index (χ1v) is 9.15. The molecule has 0 aliphatic carbocycles. The van der Waals surface area contributed by atoms with Gasteiger partial charge in [-0.25, -0.2) is 4.98 Å². The van der Waals surface area contributed by atoms with Crippen LogP contribution in [0.5, 0.6) is 0 Å². The van der Waals surface area contributed by atoms with Gasteiger partial charge in [0.25, 0.3) is 11.5 Å². The predicted octanol–water partition coefficient (Wildman–Crippen LogP) is 3.04. The number of benzene rings is 1. The summed E-state index contributed by atoms with van der Waals surface area (Å²) in [5.41, 5.74) is 1.17. The minimum Gasteiger partial charge on any atom is -0.376 e. The van der Waals surface area contributed by atoms with Crippen molar-refractivity contribution in [3.8, 4) is 11.3 Å². The Morgan fingerprint density at radius 3 is 2.96 bits per heavy atom. The molecule has 1 aliphatic rings. The highest BCUT2D eigenvalue weighted by atomic mass is 35.5. The summed E-state index contributed by atoms with van der Waals surface area (Å²) in [7, 11) is 0. The summed E-state index contributed by atoms with van der Waals surface area (Å²) in [4.78, 5) is 33.5. The summed E-state index contributed by atoms with van der Waals surface area (Å²) in [6.07, 6.45) is 2.13. The van der Waals surface area contributed by atoms with Crippen molar-refractivity contribution < 1.29 is 9.53 Å². The maximum atomic E-state index is 12.9. The number of aryl methyl sites for hydroxylation is 1. The lowest BCUT2D eigenvalue weighted by Gasteiger charge is -2.24. The van der Waals surface area contributed by atoms with Gasteiger partial charge in [-0.05, 0) is 38.8 Å². The molecule has 26 heavy (non-hydrogen) atoms. The molecule has 0 radical (unpaired) electrons. The smallest absolute Gasteiger partial charge is 0.270 e. The molecule has 1 amide bonds. The molecule has 2 aromatic rings. The summed E-state index contributed by atoms with van der Waals surface area (Å²) in [6.45, 7) is 5.60. The first-order valence-electron chi connectivity index (χ1n) is 8.77. The number of carbonyl (C=O) groups is 1. The van der Waals surface area contributed by atoms with Crippen LogP contribution in [0.4, 0.5) is 0 Å². The van der Waals surface area contributed by atoms with Gasteiger partial charge in [-0.1, -0.05) is 23.7 Å².